The molecule has 1 aromatic heterocycles. The Kier molecular flexibility index (Phi) is 5.25. The van der Waals surface area contributed by atoms with Crippen LogP contribution in [-0.2, 0) is 0 Å². The van der Waals surface area contributed by atoms with Gasteiger partial charge in [0.25, 0.3) is 5.91 Å². The first-order valence-corrected chi connectivity index (χ1v) is 7.11. The van der Waals surface area contributed by atoms with Gasteiger partial charge in [0, 0.05) is 18.0 Å². The Bertz CT molecular complexity index is 739. The number of anilines is 1. The maximum Gasteiger partial charge on any atom is 0.257 e. The van der Waals surface area contributed by atoms with Crippen LogP contribution in [0.3, 0.4) is 0 Å². The topological polar surface area (TPSA) is 68.3 Å². The zero-order valence-electron chi connectivity index (χ0n) is 13.1. The minimum Gasteiger partial charge on any atom is -0.487 e. The van der Waals surface area contributed by atoms with E-state index in [1.54, 1.807) is 36.5 Å². The highest BCUT2D eigenvalue weighted by atomic mass is 16.5. The summed E-state index contributed by atoms with van der Waals surface area (Å²) in [6, 6.07) is 8.27. The van der Waals surface area contributed by atoms with E-state index in [1.165, 1.54) is 13.1 Å². The minimum atomic E-state index is -0.320. The molecular formula is C18H18N2O3. The number of ether oxygens (including phenoxy) is 1. The van der Waals surface area contributed by atoms with Gasteiger partial charge in [-0.05, 0) is 49.8 Å². The van der Waals surface area contributed by atoms with Gasteiger partial charge in [0.15, 0.2) is 5.78 Å². The number of Topliss-reactive ketones (excluding diaryl/α,β-unsaturated/α-hetero) is 1. The number of nitrogens with zero attached hydrogens (tertiary/aromatic N) is 1. The fourth-order valence-corrected chi connectivity index (χ4v) is 1.87. The lowest BCUT2D eigenvalue weighted by Crippen LogP contribution is -2.14. The zero-order chi connectivity index (χ0) is 16.8. The predicted molar refractivity (Wildman–Crippen MR) is 88.9 cm³/mol. The zero-order valence-corrected chi connectivity index (χ0v) is 13.1. The van der Waals surface area contributed by atoms with E-state index in [2.05, 4.69) is 16.9 Å². The van der Waals surface area contributed by atoms with Crippen molar-refractivity contribution in [3.8, 4) is 5.75 Å². The van der Waals surface area contributed by atoms with Gasteiger partial charge < -0.3 is 10.1 Å². The summed E-state index contributed by atoms with van der Waals surface area (Å²) in [6.45, 7) is 7.42. The van der Waals surface area contributed by atoms with Crippen molar-refractivity contribution in [3.05, 3.63) is 66.0 Å². The Labute approximate surface area is 135 Å². The molecule has 1 aromatic carbocycles. The highest BCUT2D eigenvalue weighted by molar-refractivity contribution is 6.05. The average molecular weight is 310 g/mol. The summed E-state index contributed by atoms with van der Waals surface area (Å²) in [4.78, 5) is 27.7. The van der Waals surface area contributed by atoms with Crippen LogP contribution in [0.1, 0.15) is 34.6 Å². The van der Waals surface area contributed by atoms with Crippen LogP contribution in [0, 0.1) is 0 Å². The highest BCUT2D eigenvalue weighted by Gasteiger charge is 2.12. The molecule has 2 aromatic rings. The third kappa shape index (κ3) is 4.51. The molecule has 118 valence electrons. The molecule has 0 radical (unpaired) electrons. The number of ketones is 1. The smallest absolute Gasteiger partial charge is 0.257 e. The van der Waals surface area contributed by atoms with Gasteiger partial charge in [-0.3, -0.25) is 14.6 Å². The Morgan fingerprint density at radius 3 is 2.61 bits per heavy atom. The van der Waals surface area contributed by atoms with E-state index in [-0.39, 0.29) is 11.7 Å². The fourth-order valence-electron chi connectivity index (χ4n) is 1.87. The van der Waals surface area contributed by atoms with E-state index in [0.29, 0.717) is 29.2 Å². The van der Waals surface area contributed by atoms with Crippen LogP contribution in [0.15, 0.2) is 54.9 Å². The first-order valence-electron chi connectivity index (χ1n) is 7.11. The molecule has 0 aliphatic heterocycles. The number of hydrogen-bond donors (Lipinski definition) is 1. The number of aromatic nitrogens is 1. The Hall–Kier alpha value is -2.95. The summed E-state index contributed by atoms with van der Waals surface area (Å²) in [5, 5.41) is 2.76. The number of amides is 1. The fraction of sp³-hybridized carbons (Fsp3) is 0.167. The molecule has 0 aliphatic rings. The molecule has 0 fully saturated rings. The number of carbonyl (C=O) groups excluding carboxylic acids is 2. The molecule has 0 aliphatic carbocycles. The van der Waals surface area contributed by atoms with Crippen molar-refractivity contribution in [1.29, 1.82) is 0 Å². The molecule has 23 heavy (non-hydrogen) atoms. The van der Waals surface area contributed by atoms with Gasteiger partial charge >= 0.3 is 0 Å². The standard InChI is InChI=1S/C18H18N2O3/c1-12(2)11-23-17-7-6-14(13(3)21)9-16(17)20-18(22)15-5-4-8-19-10-15/h4-10H,1,11H2,2-3H3,(H,20,22). The Morgan fingerprint density at radius 1 is 1.22 bits per heavy atom. The second kappa shape index (κ2) is 7.35. The molecular weight excluding hydrogens is 292 g/mol. The molecule has 0 saturated heterocycles. The summed E-state index contributed by atoms with van der Waals surface area (Å²) in [7, 11) is 0. The van der Waals surface area contributed by atoms with Gasteiger partial charge in [-0.15, -0.1) is 0 Å². The number of pyridine rings is 1. The molecule has 5 heteroatoms. The third-order valence-corrected chi connectivity index (χ3v) is 3.03. The van der Waals surface area contributed by atoms with Gasteiger partial charge in [0.05, 0.1) is 11.3 Å². The van der Waals surface area contributed by atoms with Crippen molar-refractivity contribution in [3.63, 3.8) is 0 Å². The lowest BCUT2D eigenvalue weighted by molar-refractivity contribution is 0.101. The normalized spacial score (nSPS) is 10.0. The summed E-state index contributed by atoms with van der Waals surface area (Å²) < 4.78 is 5.63. The summed E-state index contributed by atoms with van der Waals surface area (Å²) >= 11 is 0. The van der Waals surface area contributed by atoms with E-state index in [4.69, 9.17) is 4.74 Å². The van der Waals surface area contributed by atoms with Crippen LogP contribution in [0.5, 0.6) is 5.75 Å². The monoisotopic (exact) mass is 310 g/mol. The Balaban J connectivity index is 2.29. The molecule has 0 atom stereocenters. The lowest BCUT2D eigenvalue weighted by Gasteiger charge is -2.13. The van der Waals surface area contributed by atoms with Crippen molar-refractivity contribution in [2.75, 3.05) is 11.9 Å². The van der Waals surface area contributed by atoms with E-state index >= 15 is 0 Å². The first kappa shape index (κ1) is 16.4. The Morgan fingerprint density at radius 2 is 2.00 bits per heavy atom. The van der Waals surface area contributed by atoms with Gasteiger partial charge in [0.1, 0.15) is 12.4 Å². The van der Waals surface area contributed by atoms with Crippen LogP contribution in [0.2, 0.25) is 0 Å². The number of hydrogen-bond acceptors (Lipinski definition) is 4. The van der Waals surface area contributed by atoms with Crippen molar-refractivity contribution < 1.29 is 14.3 Å². The van der Waals surface area contributed by atoms with E-state index < -0.39 is 0 Å². The second-order valence-electron chi connectivity index (χ2n) is 5.21. The van der Waals surface area contributed by atoms with Gasteiger partial charge in [-0.25, -0.2) is 0 Å². The van der Waals surface area contributed by atoms with Crippen molar-refractivity contribution >= 4 is 17.4 Å². The molecule has 0 saturated carbocycles. The number of rotatable bonds is 6. The van der Waals surface area contributed by atoms with Crippen LogP contribution >= 0.6 is 0 Å². The van der Waals surface area contributed by atoms with Crippen molar-refractivity contribution in [2.45, 2.75) is 13.8 Å². The van der Waals surface area contributed by atoms with Crippen LogP contribution in [0.4, 0.5) is 5.69 Å². The van der Waals surface area contributed by atoms with E-state index in [9.17, 15) is 9.59 Å². The highest BCUT2D eigenvalue weighted by Crippen LogP contribution is 2.27. The van der Waals surface area contributed by atoms with Crippen LogP contribution in [-0.4, -0.2) is 23.3 Å². The third-order valence-electron chi connectivity index (χ3n) is 3.03. The lowest BCUT2D eigenvalue weighted by atomic mass is 10.1. The number of nitrogens with one attached hydrogen (secondary N) is 1. The SMILES string of the molecule is C=C(C)COc1ccc(C(C)=O)cc1NC(=O)c1cccnc1. The largest absolute Gasteiger partial charge is 0.487 e. The molecule has 2 rings (SSSR count). The van der Waals surface area contributed by atoms with Crippen molar-refractivity contribution in [2.24, 2.45) is 0 Å². The van der Waals surface area contributed by atoms with Crippen LogP contribution < -0.4 is 10.1 Å². The predicted octanol–water partition coefficient (Wildman–Crippen LogP) is 3.49. The average Bonchev–Trinajstić information content (AvgIpc) is 2.54. The van der Waals surface area contributed by atoms with E-state index in [1.807, 2.05) is 6.92 Å². The van der Waals surface area contributed by atoms with Crippen molar-refractivity contribution in [1.82, 2.24) is 4.98 Å². The molecule has 0 spiro atoms. The molecule has 0 bridgehead atoms. The molecule has 0 unspecified atom stereocenters. The quantitative estimate of drug-likeness (QED) is 0.655. The summed E-state index contributed by atoms with van der Waals surface area (Å²) in [5.74, 6) is 0.0718. The molecule has 5 nitrogen and oxygen atoms in total. The van der Waals surface area contributed by atoms with E-state index in [0.717, 1.165) is 5.57 Å². The minimum absolute atomic E-state index is 0.0895. The van der Waals surface area contributed by atoms with Gasteiger partial charge in [-0.1, -0.05) is 6.58 Å². The molecule has 1 heterocycles. The number of carbonyl (C=O) groups is 2. The van der Waals surface area contributed by atoms with Crippen LogP contribution in [0.25, 0.3) is 0 Å². The summed E-state index contributed by atoms with van der Waals surface area (Å²) in [5.41, 5.74) is 2.21. The number of benzene rings is 1. The van der Waals surface area contributed by atoms with Gasteiger partial charge in [-0.2, -0.15) is 0 Å². The second-order valence-corrected chi connectivity index (χ2v) is 5.21. The maximum atomic E-state index is 12.3. The maximum absolute atomic E-state index is 12.3. The van der Waals surface area contributed by atoms with Gasteiger partial charge in [0.2, 0.25) is 0 Å². The summed E-state index contributed by atoms with van der Waals surface area (Å²) in [6.07, 6.45) is 3.06. The molecule has 1 N–H and O–H groups in total. The molecule has 1 amide bonds. The first-order chi connectivity index (χ1) is 11.0.